The van der Waals surface area contributed by atoms with Crippen LogP contribution in [0.2, 0.25) is 0 Å². The summed E-state index contributed by atoms with van der Waals surface area (Å²) in [5.74, 6) is 1.52. The van der Waals surface area contributed by atoms with Crippen molar-refractivity contribution in [3.63, 3.8) is 0 Å². The Hall–Kier alpha value is -1.49. The van der Waals surface area contributed by atoms with E-state index in [1.54, 1.807) is 0 Å². The van der Waals surface area contributed by atoms with Gasteiger partial charge >= 0.3 is 0 Å². The van der Waals surface area contributed by atoms with Crippen LogP contribution in [0.5, 0.6) is 0 Å². The molecule has 1 aliphatic rings. The Labute approximate surface area is 135 Å². The Bertz CT molecular complexity index is 714. The molecule has 1 fully saturated rings. The SMILES string of the molecule is CCC(CC)NC(=O)c1sc2nc(C3CC3)nc(C)c2c1C. The second-order valence-electron chi connectivity index (χ2n) is 6.16. The minimum Gasteiger partial charge on any atom is -0.349 e. The monoisotopic (exact) mass is 317 g/mol. The molecule has 0 atom stereocenters. The van der Waals surface area contributed by atoms with Crippen LogP contribution in [-0.4, -0.2) is 21.9 Å². The summed E-state index contributed by atoms with van der Waals surface area (Å²) in [6.45, 7) is 8.24. The number of aromatic nitrogens is 2. The van der Waals surface area contributed by atoms with Crippen molar-refractivity contribution in [2.24, 2.45) is 0 Å². The number of carbonyl (C=O) groups excluding carboxylic acids is 1. The minimum atomic E-state index is 0.0292. The lowest BCUT2D eigenvalue weighted by Gasteiger charge is -2.14. The maximum Gasteiger partial charge on any atom is 0.261 e. The number of aryl methyl sites for hydroxylation is 2. The number of thiophene rings is 1. The van der Waals surface area contributed by atoms with Crippen molar-refractivity contribution in [3.8, 4) is 0 Å². The molecule has 5 heteroatoms. The third kappa shape index (κ3) is 2.74. The van der Waals surface area contributed by atoms with Gasteiger partial charge < -0.3 is 5.32 Å². The van der Waals surface area contributed by atoms with E-state index in [2.05, 4.69) is 24.1 Å². The van der Waals surface area contributed by atoms with Crippen LogP contribution >= 0.6 is 11.3 Å². The first-order chi connectivity index (χ1) is 10.5. The predicted molar refractivity (Wildman–Crippen MR) is 90.7 cm³/mol. The largest absolute Gasteiger partial charge is 0.349 e. The first-order valence-electron chi connectivity index (χ1n) is 8.13. The molecule has 4 nitrogen and oxygen atoms in total. The number of hydrogen-bond donors (Lipinski definition) is 1. The zero-order valence-electron chi connectivity index (χ0n) is 13.7. The highest BCUT2D eigenvalue weighted by atomic mass is 32.1. The first kappa shape index (κ1) is 15.4. The van der Waals surface area contributed by atoms with Crippen molar-refractivity contribution in [2.45, 2.75) is 65.3 Å². The topological polar surface area (TPSA) is 54.9 Å². The maximum absolute atomic E-state index is 12.6. The van der Waals surface area contributed by atoms with Gasteiger partial charge in [0.1, 0.15) is 10.7 Å². The second-order valence-corrected chi connectivity index (χ2v) is 7.16. The van der Waals surface area contributed by atoms with Crippen molar-refractivity contribution in [1.82, 2.24) is 15.3 Å². The predicted octanol–water partition coefficient (Wildman–Crippen LogP) is 4.10. The quantitative estimate of drug-likeness (QED) is 0.903. The fourth-order valence-electron chi connectivity index (χ4n) is 2.84. The van der Waals surface area contributed by atoms with E-state index in [0.29, 0.717) is 5.92 Å². The molecule has 0 unspecified atom stereocenters. The molecule has 1 saturated carbocycles. The standard InChI is InChI=1S/C17H23N3OS/c1-5-12(6-2)19-16(21)14-9(3)13-10(4)18-15(11-7-8-11)20-17(13)22-14/h11-12H,5-8H2,1-4H3,(H,19,21). The first-order valence-corrected chi connectivity index (χ1v) is 8.95. The second kappa shape index (κ2) is 5.95. The highest BCUT2D eigenvalue weighted by molar-refractivity contribution is 7.20. The van der Waals surface area contributed by atoms with Gasteiger partial charge in [-0.25, -0.2) is 9.97 Å². The van der Waals surface area contributed by atoms with Gasteiger partial charge in [-0.2, -0.15) is 0 Å². The van der Waals surface area contributed by atoms with Crippen molar-refractivity contribution in [1.29, 1.82) is 0 Å². The molecule has 2 aromatic rings. The number of hydrogen-bond acceptors (Lipinski definition) is 4. The van der Waals surface area contributed by atoms with Gasteiger partial charge in [0.25, 0.3) is 5.91 Å². The van der Waals surface area contributed by atoms with Gasteiger partial charge in [0.15, 0.2) is 0 Å². The number of nitrogens with one attached hydrogen (secondary N) is 1. The molecule has 3 rings (SSSR count). The number of amides is 1. The van der Waals surface area contributed by atoms with Gasteiger partial charge in [-0.05, 0) is 45.1 Å². The van der Waals surface area contributed by atoms with E-state index in [1.165, 1.54) is 24.2 Å². The molecule has 0 saturated heterocycles. The van der Waals surface area contributed by atoms with E-state index in [-0.39, 0.29) is 11.9 Å². The highest BCUT2D eigenvalue weighted by Crippen LogP contribution is 2.40. The normalized spacial score (nSPS) is 14.8. The number of fused-ring (bicyclic) bond motifs is 1. The molecule has 2 aromatic heterocycles. The molecule has 2 heterocycles. The van der Waals surface area contributed by atoms with E-state index in [9.17, 15) is 4.79 Å². The average Bonchev–Trinajstić information content (AvgIpc) is 3.29. The van der Waals surface area contributed by atoms with Crippen LogP contribution < -0.4 is 5.32 Å². The van der Waals surface area contributed by atoms with Crippen LogP contribution in [0.25, 0.3) is 10.2 Å². The van der Waals surface area contributed by atoms with Gasteiger partial charge in [0, 0.05) is 17.3 Å². The zero-order chi connectivity index (χ0) is 15.9. The van der Waals surface area contributed by atoms with E-state index in [1.807, 2.05) is 13.8 Å². The molecule has 118 valence electrons. The fourth-order valence-corrected chi connectivity index (χ4v) is 3.99. The summed E-state index contributed by atoms with van der Waals surface area (Å²) in [6, 6.07) is 0.242. The maximum atomic E-state index is 12.6. The molecule has 1 aliphatic carbocycles. The van der Waals surface area contributed by atoms with Crippen molar-refractivity contribution in [2.75, 3.05) is 0 Å². The Morgan fingerprint density at radius 2 is 1.95 bits per heavy atom. The fraction of sp³-hybridized carbons (Fsp3) is 0.588. The molecular weight excluding hydrogens is 294 g/mol. The van der Waals surface area contributed by atoms with E-state index >= 15 is 0 Å². The average molecular weight is 317 g/mol. The summed E-state index contributed by atoms with van der Waals surface area (Å²) in [5, 5.41) is 4.19. The number of rotatable bonds is 5. The summed E-state index contributed by atoms with van der Waals surface area (Å²) in [5.41, 5.74) is 2.02. The molecule has 0 spiro atoms. The lowest BCUT2D eigenvalue weighted by atomic mass is 10.1. The van der Waals surface area contributed by atoms with Crippen LogP contribution in [-0.2, 0) is 0 Å². The summed E-state index contributed by atoms with van der Waals surface area (Å²) < 4.78 is 0. The summed E-state index contributed by atoms with van der Waals surface area (Å²) >= 11 is 1.51. The summed E-state index contributed by atoms with van der Waals surface area (Å²) in [7, 11) is 0. The van der Waals surface area contributed by atoms with Gasteiger partial charge in [-0.15, -0.1) is 11.3 Å². The van der Waals surface area contributed by atoms with E-state index in [0.717, 1.165) is 45.0 Å². The molecular formula is C17H23N3OS. The number of nitrogens with zero attached hydrogens (tertiary/aromatic N) is 2. The zero-order valence-corrected chi connectivity index (χ0v) is 14.5. The molecule has 22 heavy (non-hydrogen) atoms. The third-order valence-electron chi connectivity index (χ3n) is 4.46. The van der Waals surface area contributed by atoms with Gasteiger partial charge in [0.05, 0.1) is 10.6 Å². The smallest absolute Gasteiger partial charge is 0.261 e. The molecule has 0 aliphatic heterocycles. The van der Waals surface area contributed by atoms with Crippen molar-refractivity contribution in [3.05, 3.63) is 22.0 Å². The summed E-state index contributed by atoms with van der Waals surface area (Å²) in [4.78, 5) is 23.7. The Balaban J connectivity index is 1.98. The van der Waals surface area contributed by atoms with E-state index in [4.69, 9.17) is 4.98 Å². The highest BCUT2D eigenvalue weighted by Gasteiger charge is 2.28. The molecule has 1 N–H and O–H groups in total. The van der Waals surface area contributed by atoms with Gasteiger partial charge in [-0.3, -0.25) is 4.79 Å². The van der Waals surface area contributed by atoms with Gasteiger partial charge in [0.2, 0.25) is 0 Å². The molecule has 0 bridgehead atoms. The van der Waals surface area contributed by atoms with Crippen LogP contribution in [0.4, 0.5) is 0 Å². The van der Waals surface area contributed by atoms with Crippen molar-refractivity contribution < 1.29 is 4.79 Å². The number of carbonyl (C=O) groups is 1. The van der Waals surface area contributed by atoms with Crippen LogP contribution in [0.1, 0.15) is 72.2 Å². The van der Waals surface area contributed by atoms with Crippen LogP contribution in [0, 0.1) is 13.8 Å². The molecule has 0 radical (unpaired) electrons. The lowest BCUT2D eigenvalue weighted by molar-refractivity contribution is 0.0938. The van der Waals surface area contributed by atoms with Crippen LogP contribution in [0.15, 0.2) is 0 Å². The van der Waals surface area contributed by atoms with Gasteiger partial charge in [-0.1, -0.05) is 13.8 Å². The van der Waals surface area contributed by atoms with E-state index < -0.39 is 0 Å². The lowest BCUT2D eigenvalue weighted by Crippen LogP contribution is -2.33. The Morgan fingerprint density at radius 3 is 2.55 bits per heavy atom. The Kier molecular flexibility index (Phi) is 4.17. The third-order valence-corrected chi connectivity index (χ3v) is 5.64. The molecule has 0 aromatic carbocycles. The van der Waals surface area contributed by atoms with Crippen molar-refractivity contribution >= 4 is 27.5 Å². The minimum absolute atomic E-state index is 0.0292. The Morgan fingerprint density at radius 1 is 1.27 bits per heavy atom. The summed E-state index contributed by atoms with van der Waals surface area (Å²) in [6.07, 6.45) is 4.29. The molecule has 1 amide bonds. The van der Waals surface area contributed by atoms with Crippen LogP contribution in [0.3, 0.4) is 0 Å².